The lowest BCUT2D eigenvalue weighted by Gasteiger charge is -2.38. The normalized spacial score (nSPS) is 19.4. The predicted molar refractivity (Wildman–Crippen MR) is 81.7 cm³/mol. The number of nitrogens with zero attached hydrogens (tertiary/aromatic N) is 2. The zero-order chi connectivity index (χ0) is 14.9. The van der Waals surface area contributed by atoms with Crippen LogP contribution >= 0.6 is 11.6 Å². The van der Waals surface area contributed by atoms with E-state index in [-0.39, 0.29) is 5.56 Å². The molecule has 0 aromatic heterocycles. The van der Waals surface area contributed by atoms with E-state index in [0.717, 1.165) is 25.9 Å². The van der Waals surface area contributed by atoms with Crippen LogP contribution in [0.25, 0.3) is 0 Å². The van der Waals surface area contributed by atoms with E-state index < -0.39 is 5.97 Å². The number of benzene rings is 1. The van der Waals surface area contributed by atoms with Crippen LogP contribution in [0.5, 0.6) is 0 Å². The number of halogens is 1. The highest BCUT2D eigenvalue weighted by molar-refractivity contribution is 6.34. The third-order valence-corrected chi connectivity index (χ3v) is 4.05. The standard InChI is InChI=1S/C14H20ClN3O2/c1-17(2)10-4-3-5-18(8-10)13-11(14(19)20)6-9(16)7-12(13)15/h6-7,10H,3-5,8,16H2,1-2H3,(H,19,20). The molecule has 0 spiro atoms. The first-order valence-corrected chi connectivity index (χ1v) is 7.01. The summed E-state index contributed by atoms with van der Waals surface area (Å²) in [5.74, 6) is -0.999. The number of nitrogens with two attached hydrogens (primary N) is 1. The molecule has 3 N–H and O–H groups in total. The van der Waals surface area contributed by atoms with Crippen molar-refractivity contribution in [2.45, 2.75) is 18.9 Å². The molecule has 1 atom stereocenters. The first-order chi connectivity index (χ1) is 9.40. The van der Waals surface area contributed by atoms with Crippen molar-refractivity contribution in [3.63, 3.8) is 0 Å². The lowest BCUT2D eigenvalue weighted by molar-refractivity contribution is 0.0697. The largest absolute Gasteiger partial charge is 0.478 e. The van der Waals surface area contributed by atoms with Crippen molar-refractivity contribution in [1.29, 1.82) is 0 Å². The predicted octanol–water partition coefficient (Wildman–Crippen LogP) is 2.15. The zero-order valence-electron chi connectivity index (χ0n) is 11.8. The second kappa shape index (κ2) is 5.89. The molecule has 1 unspecified atom stereocenters. The lowest BCUT2D eigenvalue weighted by atomic mass is 10.0. The van der Waals surface area contributed by atoms with E-state index in [0.29, 0.717) is 22.4 Å². The van der Waals surface area contributed by atoms with Crippen LogP contribution in [0.1, 0.15) is 23.2 Å². The Labute approximate surface area is 123 Å². The van der Waals surface area contributed by atoms with Gasteiger partial charge in [0, 0.05) is 24.8 Å². The molecule has 1 aromatic rings. The van der Waals surface area contributed by atoms with Crippen LogP contribution in [0.15, 0.2) is 12.1 Å². The second-order valence-corrected chi connectivity index (χ2v) is 5.82. The Balaban J connectivity index is 2.38. The fourth-order valence-corrected chi connectivity index (χ4v) is 3.03. The van der Waals surface area contributed by atoms with Crippen molar-refractivity contribution in [3.8, 4) is 0 Å². The van der Waals surface area contributed by atoms with E-state index in [1.165, 1.54) is 6.07 Å². The average molecular weight is 298 g/mol. The Bertz CT molecular complexity index is 519. The van der Waals surface area contributed by atoms with Crippen molar-refractivity contribution in [3.05, 3.63) is 22.7 Å². The van der Waals surface area contributed by atoms with Gasteiger partial charge in [-0.25, -0.2) is 4.79 Å². The molecule has 1 aliphatic rings. The minimum absolute atomic E-state index is 0.175. The first kappa shape index (κ1) is 14.9. The van der Waals surface area contributed by atoms with Crippen LogP contribution in [0.4, 0.5) is 11.4 Å². The maximum Gasteiger partial charge on any atom is 0.337 e. The van der Waals surface area contributed by atoms with Crippen molar-refractivity contribution >= 4 is 28.9 Å². The minimum atomic E-state index is -0.999. The summed E-state index contributed by atoms with van der Waals surface area (Å²) in [6, 6.07) is 3.49. The Morgan fingerprint density at radius 3 is 2.80 bits per heavy atom. The molecule has 0 bridgehead atoms. The van der Waals surface area contributed by atoms with E-state index >= 15 is 0 Å². The smallest absolute Gasteiger partial charge is 0.337 e. The average Bonchev–Trinajstić information content (AvgIpc) is 2.37. The summed E-state index contributed by atoms with van der Waals surface area (Å²) in [6.07, 6.45) is 2.13. The summed E-state index contributed by atoms with van der Waals surface area (Å²) < 4.78 is 0. The number of carbonyl (C=O) groups is 1. The number of carboxylic acid groups (broad SMARTS) is 1. The monoisotopic (exact) mass is 297 g/mol. The quantitative estimate of drug-likeness (QED) is 0.837. The van der Waals surface area contributed by atoms with Crippen LogP contribution in [-0.2, 0) is 0 Å². The SMILES string of the molecule is CN(C)C1CCCN(c2c(Cl)cc(N)cc2C(=O)O)C1. The van der Waals surface area contributed by atoms with E-state index in [1.807, 2.05) is 14.1 Å². The van der Waals surface area contributed by atoms with E-state index in [2.05, 4.69) is 9.80 Å². The second-order valence-electron chi connectivity index (χ2n) is 5.41. The number of hydrogen-bond acceptors (Lipinski definition) is 4. The van der Waals surface area contributed by atoms with Crippen LogP contribution < -0.4 is 10.6 Å². The van der Waals surface area contributed by atoms with Crippen LogP contribution in [0.2, 0.25) is 5.02 Å². The number of aromatic carboxylic acids is 1. The van der Waals surface area contributed by atoms with E-state index in [1.54, 1.807) is 6.07 Å². The Morgan fingerprint density at radius 1 is 1.50 bits per heavy atom. The van der Waals surface area contributed by atoms with Crippen molar-refractivity contribution in [1.82, 2.24) is 4.90 Å². The van der Waals surface area contributed by atoms with E-state index in [4.69, 9.17) is 17.3 Å². The summed E-state index contributed by atoms with van der Waals surface area (Å²) in [6.45, 7) is 1.59. The number of nitrogen functional groups attached to an aromatic ring is 1. The molecule has 6 heteroatoms. The van der Waals surface area contributed by atoms with Gasteiger partial charge in [0.1, 0.15) is 0 Å². The molecule has 110 valence electrons. The van der Waals surface area contributed by atoms with Crippen molar-refractivity contribution in [2.75, 3.05) is 37.8 Å². The molecule has 2 rings (SSSR count). The van der Waals surface area contributed by atoms with Gasteiger partial charge < -0.3 is 20.6 Å². The molecular formula is C14H20ClN3O2. The molecule has 0 amide bonds. The van der Waals surface area contributed by atoms with Gasteiger partial charge in [0.15, 0.2) is 0 Å². The van der Waals surface area contributed by atoms with Gasteiger partial charge in [-0.15, -0.1) is 0 Å². The zero-order valence-corrected chi connectivity index (χ0v) is 12.5. The Morgan fingerprint density at radius 2 is 2.20 bits per heavy atom. The number of piperidine rings is 1. The molecule has 0 saturated carbocycles. The highest BCUT2D eigenvalue weighted by atomic mass is 35.5. The summed E-state index contributed by atoms with van der Waals surface area (Å²) >= 11 is 6.24. The molecule has 5 nitrogen and oxygen atoms in total. The maximum atomic E-state index is 11.4. The Kier molecular flexibility index (Phi) is 4.40. The molecule has 1 aliphatic heterocycles. The first-order valence-electron chi connectivity index (χ1n) is 6.64. The van der Waals surface area contributed by atoms with Crippen LogP contribution in [-0.4, -0.2) is 49.2 Å². The summed E-state index contributed by atoms with van der Waals surface area (Å²) in [5, 5.41) is 9.77. The molecule has 1 fully saturated rings. The molecule has 20 heavy (non-hydrogen) atoms. The number of rotatable bonds is 3. The van der Waals surface area contributed by atoms with Gasteiger partial charge in [-0.1, -0.05) is 11.6 Å². The van der Waals surface area contributed by atoms with Gasteiger partial charge in [0.25, 0.3) is 0 Å². The fraction of sp³-hybridized carbons (Fsp3) is 0.500. The van der Waals surface area contributed by atoms with Gasteiger partial charge in [-0.2, -0.15) is 0 Å². The molecular weight excluding hydrogens is 278 g/mol. The molecule has 0 aliphatic carbocycles. The van der Waals surface area contributed by atoms with Crippen molar-refractivity contribution < 1.29 is 9.90 Å². The third-order valence-electron chi connectivity index (χ3n) is 3.76. The summed E-state index contributed by atoms with van der Waals surface area (Å²) in [5.41, 5.74) is 6.83. The van der Waals surface area contributed by atoms with Gasteiger partial charge in [0.05, 0.1) is 16.3 Å². The molecule has 1 aromatic carbocycles. The topological polar surface area (TPSA) is 69.8 Å². The Hall–Kier alpha value is -1.46. The number of hydrogen-bond donors (Lipinski definition) is 2. The highest BCUT2D eigenvalue weighted by Gasteiger charge is 2.26. The van der Waals surface area contributed by atoms with E-state index in [9.17, 15) is 9.90 Å². The number of carboxylic acids is 1. The van der Waals surface area contributed by atoms with Gasteiger partial charge >= 0.3 is 5.97 Å². The van der Waals surface area contributed by atoms with Crippen LogP contribution in [0, 0.1) is 0 Å². The fourth-order valence-electron chi connectivity index (χ4n) is 2.68. The van der Waals surface area contributed by atoms with Gasteiger partial charge in [-0.3, -0.25) is 0 Å². The summed E-state index contributed by atoms with van der Waals surface area (Å²) in [4.78, 5) is 15.7. The van der Waals surface area contributed by atoms with Gasteiger partial charge in [0.2, 0.25) is 0 Å². The molecule has 1 heterocycles. The summed E-state index contributed by atoms with van der Waals surface area (Å²) in [7, 11) is 4.08. The molecule has 0 radical (unpaired) electrons. The number of likely N-dealkylation sites (N-methyl/N-ethyl adjacent to an activating group) is 1. The number of anilines is 2. The van der Waals surface area contributed by atoms with Gasteiger partial charge in [-0.05, 0) is 39.1 Å². The highest BCUT2D eigenvalue weighted by Crippen LogP contribution is 2.34. The lowest BCUT2D eigenvalue weighted by Crippen LogP contribution is -2.45. The van der Waals surface area contributed by atoms with Crippen LogP contribution in [0.3, 0.4) is 0 Å². The third kappa shape index (κ3) is 2.99. The maximum absolute atomic E-state index is 11.4. The minimum Gasteiger partial charge on any atom is -0.478 e. The molecule has 1 saturated heterocycles. The van der Waals surface area contributed by atoms with Crippen molar-refractivity contribution in [2.24, 2.45) is 0 Å².